The van der Waals surface area contributed by atoms with Gasteiger partial charge in [0.05, 0.1) is 11.1 Å². The molecule has 2 fully saturated rings. The Hall–Kier alpha value is -2.41. The third-order valence-corrected chi connectivity index (χ3v) is 8.47. The Morgan fingerprint density at radius 3 is 2.59 bits per heavy atom. The Kier molecular flexibility index (Phi) is 8.94. The molecule has 0 bridgehead atoms. The average molecular weight is 527 g/mol. The first kappa shape index (κ1) is 27.6. The van der Waals surface area contributed by atoms with E-state index < -0.39 is 0 Å². The lowest BCUT2D eigenvalue weighted by Crippen LogP contribution is -2.38. The van der Waals surface area contributed by atoms with Gasteiger partial charge in [-0.1, -0.05) is 36.8 Å². The molecule has 1 atom stereocenters. The molecule has 2 aromatic carbocycles. The van der Waals surface area contributed by atoms with Gasteiger partial charge in [0.2, 0.25) is 0 Å². The van der Waals surface area contributed by atoms with Gasteiger partial charge in [-0.25, -0.2) is 4.39 Å². The van der Waals surface area contributed by atoms with Crippen molar-refractivity contribution in [3.05, 3.63) is 70.7 Å². The molecule has 1 unspecified atom stereocenters. The van der Waals surface area contributed by atoms with E-state index >= 15 is 0 Å². The van der Waals surface area contributed by atoms with E-state index in [0.29, 0.717) is 25.7 Å². The zero-order valence-electron chi connectivity index (χ0n) is 22.1. The first-order valence-corrected chi connectivity index (χ1v) is 13.5. The number of benzene rings is 2. The van der Waals surface area contributed by atoms with Crippen molar-refractivity contribution >= 4 is 29.2 Å². The summed E-state index contributed by atoms with van der Waals surface area (Å²) in [7, 11) is 2.24. The summed E-state index contributed by atoms with van der Waals surface area (Å²) < 4.78 is 16.8. The first-order valence-electron chi connectivity index (χ1n) is 13.5. The molecule has 5 nitrogen and oxygen atoms in total. The molecule has 0 aliphatic carbocycles. The maximum atomic E-state index is 14.5. The maximum absolute atomic E-state index is 14.5. The van der Waals surface area contributed by atoms with Crippen molar-refractivity contribution in [2.24, 2.45) is 5.73 Å². The zero-order chi connectivity index (χ0) is 25.2. The molecule has 37 heavy (non-hydrogen) atoms. The van der Waals surface area contributed by atoms with Crippen molar-refractivity contribution in [2.45, 2.75) is 70.5 Å². The van der Waals surface area contributed by atoms with Crippen molar-refractivity contribution < 1.29 is 9.18 Å². The van der Waals surface area contributed by atoms with Crippen molar-refractivity contribution in [1.82, 2.24) is 14.4 Å². The summed E-state index contributed by atoms with van der Waals surface area (Å²) in [5.74, 6) is 0.0458. The number of aryl methyl sites for hydroxylation is 2. The van der Waals surface area contributed by atoms with E-state index in [1.165, 1.54) is 43.0 Å². The van der Waals surface area contributed by atoms with E-state index in [0.717, 1.165) is 47.9 Å². The van der Waals surface area contributed by atoms with Gasteiger partial charge in [0.1, 0.15) is 5.82 Å². The van der Waals surface area contributed by atoms with Crippen molar-refractivity contribution in [3.8, 4) is 0 Å². The summed E-state index contributed by atoms with van der Waals surface area (Å²) in [5, 5.41) is 1.04. The summed E-state index contributed by atoms with van der Waals surface area (Å²) in [6, 6.07) is 12.1. The summed E-state index contributed by atoms with van der Waals surface area (Å²) in [4.78, 5) is 18.2. The molecule has 3 heterocycles. The number of nitrogens with two attached hydrogens (primary N) is 1. The number of carbonyl (C=O) groups excluding carboxylic acids is 1. The second kappa shape index (κ2) is 12.0. The van der Waals surface area contributed by atoms with Crippen molar-refractivity contribution in [3.63, 3.8) is 0 Å². The highest BCUT2D eigenvalue weighted by Crippen LogP contribution is 2.33. The molecule has 7 heteroatoms. The van der Waals surface area contributed by atoms with Gasteiger partial charge < -0.3 is 20.1 Å². The van der Waals surface area contributed by atoms with Crippen LogP contribution in [-0.2, 0) is 13.1 Å². The first-order chi connectivity index (χ1) is 17.5. The quantitative estimate of drug-likeness (QED) is 0.437. The summed E-state index contributed by atoms with van der Waals surface area (Å²) in [6.45, 7) is 5.92. The lowest BCUT2D eigenvalue weighted by molar-refractivity contribution is 0.0714. The highest BCUT2D eigenvalue weighted by atomic mass is 35.5. The maximum Gasteiger partial charge on any atom is 0.256 e. The summed E-state index contributed by atoms with van der Waals surface area (Å²) in [5.41, 5.74) is 10.6. The monoisotopic (exact) mass is 526 g/mol. The molecule has 2 saturated heterocycles. The number of carbonyl (C=O) groups is 1. The van der Waals surface area contributed by atoms with E-state index in [-0.39, 0.29) is 30.0 Å². The van der Waals surface area contributed by atoms with Crippen LogP contribution in [0.4, 0.5) is 4.39 Å². The number of nitrogens with zero attached hydrogens (tertiary/aromatic N) is 3. The van der Waals surface area contributed by atoms with Gasteiger partial charge in [0.25, 0.3) is 5.91 Å². The number of piperidine rings is 2. The minimum atomic E-state index is -0.167. The van der Waals surface area contributed by atoms with Gasteiger partial charge >= 0.3 is 0 Å². The predicted octanol–water partition coefficient (Wildman–Crippen LogP) is 5.86. The Labute approximate surface area is 226 Å². The van der Waals surface area contributed by atoms with Crippen molar-refractivity contribution in [2.75, 3.05) is 26.7 Å². The number of para-hydroxylation sites is 1. The number of amides is 1. The molecule has 5 rings (SSSR count). The van der Waals surface area contributed by atoms with Gasteiger partial charge in [0.15, 0.2) is 0 Å². The number of aromatic nitrogens is 1. The van der Waals surface area contributed by atoms with Crippen LogP contribution in [0.1, 0.15) is 71.5 Å². The van der Waals surface area contributed by atoms with Gasteiger partial charge in [-0.3, -0.25) is 4.79 Å². The fourth-order valence-corrected chi connectivity index (χ4v) is 6.29. The number of halogens is 2. The average Bonchev–Trinajstić information content (AvgIpc) is 3.28. The van der Waals surface area contributed by atoms with Crippen LogP contribution in [0.3, 0.4) is 0 Å². The molecular weight excluding hydrogens is 487 g/mol. The highest BCUT2D eigenvalue weighted by molar-refractivity contribution is 6.07. The molecule has 0 spiro atoms. The third kappa shape index (κ3) is 5.71. The zero-order valence-corrected chi connectivity index (χ0v) is 22.9. The van der Waals surface area contributed by atoms with E-state index in [2.05, 4.69) is 41.8 Å². The van der Waals surface area contributed by atoms with Gasteiger partial charge in [-0.2, -0.15) is 0 Å². The minimum absolute atomic E-state index is 0. The van der Waals surface area contributed by atoms with Crippen LogP contribution in [0.5, 0.6) is 0 Å². The fraction of sp³-hybridized carbons (Fsp3) is 0.500. The standard InChI is InChI=1S/C30H39FN4O.ClH/c1-21-6-5-8-25-27(20-35(29(21)25)17-13-24-7-3-4-14-33(24)2)30(36)34-15-11-23(12-16-34)26-18-22(19-32)9-10-28(26)31;/h5-6,8-10,18,20,23-24H,3-4,7,11-17,19,32H2,1-2H3;1H. The van der Waals surface area contributed by atoms with Crippen LogP contribution in [0.2, 0.25) is 0 Å². The molecule has 1 aromatic heterocycles. The smallest absolute Gasteiger partial charge is 0.256 e. The molecule has 0 saturated carbocycles. The van der Waals surface area contributed by atoms with E-state index in [1.807, 2.05) is 17.0 Å². The molecule has 0 radical (unpaired) electrons. The molecule has 2 aliphatic heterocycles. The molecule has 1 amide bonds. The van der Waals surface area contributed by atoms with Crippen molar-refractivity contribution in [1.29, 1.82) is 0 Å². The number of likely N-dealkylation sites (tertiary alicyclic amines) is 2. The highest BCUT2D eigenvalue weighted by Gasteiger charge is 2.28. The van der Waals surface area contributed by atoms with Crippen LogP contribution in [-0.4, -0.2) is 53.0 Å². The van der Waals surface area contributed by atoms with Crippen LogP contribution >= 0.6 is 12.4 Å². The largest absolute Gasteiger partial charge is 0.346 e. The third-order valence-electron chi connectivity index (χ3n) is 8.47. The van der Waals surface area contributed by atoms with Crippen LogP contribution in [0, 0.1) is 12.7 Å². The van der Waals surface area contributed by atoms with E-state index in [9.17, 15) is 9.18 Å². The van der Waals surface area contributed by atoms with E-state index in [4.69, 9.17) is 5.73 Å². The van der Waals surface area contributed by atoms with Gasteiger partial charge in [0, 0.05) is 43.8 Å². The van der Waals surface area contributed by atoms with Gasteiger partial charge in [-0.15, -0.1) is 12.4 Å². The predicted molar refractivity (Wildman–Crippen MR) is 151 cm³/mol. The van der Waals surface area contributed by atoms with Gasteiger partial charge in [-0.05, 0) is 81.3 Å². The Morgan fingerprint density at radius 2 is 1.86 bits per heavy atom. The minimum Gasteiger partial charge on any atom is -0.346 e. The van der Waals surface area contributed by atoms with Crippen LogP contribution < -0.4 is 5.73 Å². The molecule has 2 aliphatic rings. The lowest BCUT2D eigenvalue weighted by atomic mass is 9.88. The Balaban J connectivity index is 0.00000320. The summed E-state index contributed by atoms with van der Waals surface area (Å²) >= 11 is 0. The number of fused-ring (bicyclic) bond motifs is 1. The fourth-order valence-electron chi connectivity index (χ4n) is 6.29. The topological polar surface area (TPSA) is 54.5 Å². The number of rotatable bonds is 6. The molecule has 3 aromatic rings. The number of hydrogen-bond donors (Lipinski definition) is 1. The SMILES string of the molecule is Cc1cccc2c(C(=O)N3CCC(c4cc(CN)ccc4F)CC3)cn(CCC3CCCCN3C)c12.Cl. The molecule has 2 N–H and O–H groups in total. The van der Waals surface area contributed by atoms with Crippen LogP contribution in [0.25, 0.3) is 10.9 Å². The second-order valence-electron chi connectivity index (χ2n) is 10.8. The molecule has 200 valence electrons. The number of hydrogen-bond acceptors (Lipinski definition) is 3. The van der Waals surface area contributed by atoms with Crippen LogP contribution in [0.15, 0.2) is 42.6 Å². The lowest BCUT2D eigenvalue weighted by Gasteiger charge is -2.32. The Morgan fingerprint density at radius 1 is 1.08 bits per heavy atom. The molecular formula is C30H40ClFN4O. The second-order valence-corrected chi connectivity index (χ2v) is 10.8. The Bertz CT molecular complexity index is 1230. The van der Waals surface area contributed by atoms with E-state index in [1.54, 1.807) is 6.07 Å². The summed E-state index contributed by atoms with van der Waals surface area (Å²) in [6.07, 6.45) is 8.56. The normalized spacial score (nSPS) is 19.2.